The summed E-state index contributed by atoms with van der Waals surface area (Å²) in [7, 11) is 1.45. The number of hydrogen-bond donors (Lipinski definition) is 2. The number of likely N-dealkylation sites (N-methyl/N-ethyl adjacent to an activating group) is 1. The summed E-state index contributed by atoms with van der Waals surface area (Å²) in [5.74, 6) is -2.91. The smallest absolute Gasteiger partial charge is 0.270 e. The number of carbonyl (C=O) groups is 3. The van der Waals surface area contributed by atoms with Gasteiger partial charge in [-0.3, -0.25) is 19.4 Å². The van der Waals surface area contributed by atoms with Gasteiger partial charge in [-0.25, -0.2) is 8.78 Å². The van der Waals surface area contributed by atoms with Crippen molar-refractivity contribution in [1.82, 2.24) is 5.32 Å². The van der Waals surface area contributed by atoms with Crippen molar-refractivity contribution >= 4 is 29.5 Å². The van der Waals surface area contributed by atoms with E-state index in [0.717, 1.165) is 18.2 Å². The van der Waals surface area contributed by atoms with Crippen LogP contribution in [0.4, 0.5) is 14.5 Å². The van der Waals surface area contributed by atoms with E-state index in [9.17, 15) is 23.2 Å². The number of ketones is 1. The van der Waals surface area contributed by atoms with Crippen LogP contribution in [0.2, 0.25) is 0 Å². The van der Waals surface area contributed by atoms with Crippen LogP contribution in [0.1, 0.15) is 22.3 Å². The maximum absolute atomic E-state index is 13.7. The molecule has 0 saturated carbocycles. The summed E-state index contributed by atoms with van der Waals surface area (Å²) >= 11 is 0. The maximum atomic E-state index is 13.7. The number of anilines is 1. The van der Waals surface area contributed by atoms with Crippen LogP contribution >= 0.6 is 0 Å². The summed E-state index contributed by atoms with van der Waals surface area (Å²) in [6, 6.07) is 9.10. The largest absolute Gasteiger partial charge is 0.354 e. The minimum atomic E-state index is -0.778. The van der Waals surface area contributed by atoms with Gasteiger partial charge in [-0.05, 0) is 35.9 Å². The zero-order valence-electron chi connectivity index (χ0n) is 15.5. The summed E-state index contributed by atoms with van der Waals surface area (Å²) in [4.78, 5) is 40.3. The summed E-state index contributed by atoms with van der Waals surface area (Å²) in [6.45, 7) is 0. The van der Waals surface area contributed by atoms with Gasteiger partial charge in [0.05, 0.1) is 11.1 Å². The summed E-state index contributed by atoms with van der Waals surface area (Å²) in [5, 5.41) is 5.10. The number of hydrogen-bond acceptors (Lipinski definition) is 4. The molecule has 0 unspecified atom stereocenters. The first-order chi connectivity index (χ1) is 13.9. The van der Waals surface area contributed by atoms with Crippen molar-refractivity contribution in [3.05, 3.63) is 76.5 Å². The molecule has 148 valence electrons. The third-order valence-corrected chi connectivity index (χ3v) is 4.32. The molecule has 2 N–H and O–H groups in total. The van der Waals surface area contributed by atoms with E-state index in [-0.39, 0.29) is 29.7 Å². The topological polar surface area (TPSA) is 87.6 Å². The Bertz CT molecular complexity index is 1040. The molecule has 2 aromatic rings. The van der Waals surface area contributed by atoms with Gasteiger partial charge in [0.25, 0.3) is 11.8 Å². The van der Waals surface area contributed by atoms with E-state index in [2.05, 4.69) is 15.6 Å². The molecular formula is C21H17F2N3O3. The van der Waals surface area contributed by atoms with Crippen LogP contribution in [0, 0.1) is 11.6 Å². The second-order valence-electron chi connectivity index (χ2n) is 6.30. The standard InChI is InChI=1S/C21H17F2N3O3/c1-24-21(29)19-15(8-9-25-19)20(28)26-14-5-2-12(3-6-14)10-18(27)16-11-13(22)4-7-17(16)23/h2-7,9,11H,8,10H2,1H3,(H,24,29)(H,26,28). The second-order valence-corrected chi connectivity index (χ2v) is 6.30. The third-order valence-electron chi connectivity index (χ3n) is 4.32. The van der Waals surface area contributed by atoms with E-state index in [1.807, 2.05) is 0 Å². The van der Waals surface area contributed by atoms with Crippen LogP contribution in [0.3, 0.4) is 0 Å². The maximum Gasteiger partial charge on any atom is 0.270 e. The monoisotopic (exact) mass is 397 g/mol. The van der Waals surface area contributed by atoms with Gasteiger partial charge in [-0.15, -0.1) is 0 Å². The molecule has 8 heteroatoms. The molecule has 0 fully saturated rings. The van der Waals surface area contributed by atoms with Crippen LogP contribution in [-0.4, -0.2) is 30.9 Å². The van der Waals surface area contributed by atoms with E-state index in [0.29, 0.717) is 11.3 Å². The first-order valence-electron chi connectivity index (χ1n) is 8.75. The van der Waals surface area contributed by atoms with Crippen LogP contribution in [0.5, 0.6) is 0 Å². The fourth-order valence-electron chi connectivity index (χ4n) is 2.82. The van der Waals surface area contributed by atoms with Crippen molar-refractivity contribution < 1.29 is 23.2 Å². The average molecular weight is 397 g/mol. The zero-order chi connectivity index (χ0) is 21.0. The van der Waals surface area contributed by atoms with E-state index in [4.69, 9.17) is 0 Å². The highest BCUT2D eigenvalue weighted by Gasteiger charge is 2.23. The number of aliphatic imine (C=N–C) groups is 1. The fourth-order valence-corrected chi connectivity index (χ4v) is 2.82. The first kappa shape index (κ1) is 20.1. The van der Waals surface area contributed by atoms with Gasteiger partial charge in [0.15, 0.2) is 5.78 Å². The predicted octanol–water partition coefficient (Wildman–Crippen LogP) is 2.80. The Labute approximate surface area is 165 Å². The normalized spacial score (nSPS) is 12.8. The molecule has 1 aliphatic rings. The van der Waals surface area contributed by atoms with Crippen LogP contribution < -0.4 is 10.6 Å². The van der Waals surface area contributed by atoms with Crippen LogP contribution in [0.15, 0.2) is 58.7 Å². The van der Waals surface area contributed by atoms with E-state index >= 15 is 0 Å². The Kier molecular flexibility index (Phi) is 5.92. The molecule has 0 radical (unpaired) electrons. The highest BCUT2D eigenvalue weighted by molar-refractivity contribution is 6.13. The number of Topliss-reactive ketones (excluding diaryl/α,β-unsaturated/α-hetero) is 1. The number of nitrogens with zero attached hydrogens (tertiary/aromatic N) is 1. The molecule has 0 bridgehead atoms. The van der Waals surface area contributed by atoms with Crippen LogP contribution in [0.25, 0.3) is 0 Å². The van der Waals surface area contributed by atoms with Gasteiger partial charge in [0.1, 0.15) is 17.3 Å². The molecule has 3 rings (SSSR count). The quantitative estimate of drug-likeness (QED) is 0.735. The molecule has 1 aliphatic heterocycles. The van der Waals surface area contributed by atoms with Crippen molar-refractivity contribution in [1.29, 1.82) is 0 Å². The molecule has 2 amide bonds. The van der Waals surface area contributed by atoms with Gasteiger partial charge in [-0.2, -0.15) is 0 Å². The number of halogens is 2. The predicted molar refractivity (Wildman–Crippen MR) is 104 cm³/mol. The number of rotatable bonds is 6. The van der Waals surface area contributed by atoms with Crippen molar-refractivity contribution in [3.8, 4) is 0 Å². The Balaban J connectivity index is 1.68. The zero-order valence-corrected chi connectivity index (χ0v) is 15.5. The van der Waals surface area contributed by atoms with Crippen LogP contribution in [-0.2, 0) is 16.0 Å². The lowest BCUT2D eigenvalue weighted by molar-refractivity contribution is -0.118. The van der Waals surface area contributed by atoms with Crippen molar-refractivity contribution in [2.45, 2.75) is 12.8 Å². The molecule has 0 aliphatic carbocycles. The first-order valence-corrected chi connectivity index (χ1v) is 8.75. The number of benzene rings is 2. The highest BCUT2D eigenvalue weighted by Crippen LogP contribution is 2.20. The number of amides is 2. The molecule has 0 atom stereocenters. The van der Waals surface area contributed by atoms with Crippen molar-refractivity contribution in [2.24, 2.45) is 4.99 Å². The molecule has 6 nitrogen and oxygen atoms in total. The highest BCUT2D eigenvalue weighted by atomic mass is 19.1. The Morgan fingerprint density at radius 1 is 1.03 bits per heavy atom. The lowest BCUT2D eigenvalue weighted by Gasteiger charge is -2.08. The van der Waals surface area contributed by atoms with Gasteiger partial charge < -0.3 is 10.6 Å². The average Bonchev–Trinajstić information content (AvgIpc) is 3.20. The van der Waals surface area contributed by atoms with Crippen molar-refractivity contribution in [3.63, 3.8) is 0 Å². The van der Waals surface area contributed by atoms with E-state index < -0.39 is 29.2 Å². The molecule has 29 heavy (non-hydrogen) atoms. The third kappa shape index (κ3) is 4.60. The molecule has 0 aromatic heterocycles. The molecule has 2 aromatic carbocycles. The van der Waals surface area contributed by atoms with Gasteiger partial charge >= 0.3 is 0 Å². The summed E-state index contributed by atoms with van der Waals surface area (Å²) < 4.78 is 27.0. The van der Waals surface area contributed by atoms with Gasteiger partial charge in [0.2, 0.25) is 0 Å². The number of nitrogens with one attached hydrogen (secondary N) is 2. The summed E-state index contributed by atoms with van der Waals surface area (Å²) in [6.07, 6.45) is 1.62. The minimum absolute atomic E-state index is 0.0735. The lowest BCUT2D eigenvalue weighted by atomic mass is 10.0. The molecule has 0 spiro atoms. The van der Waals surface area contributed by atoms with E-state index in [1.165, 1.54) is 13.3 Å². The Morgan fingerprint density at radius 3 is 2.45 bits per heavy atom. The summed E-state index contributed by atoms with van der Waals surface area (Å²) in [5.41, 5.74) is 1.05. The van der Waals surface area contributed by atoms with E-state index in [1.54, 1.807) is 24.3 Å². The second kappa shape index (κ2) is 8.55. The Hall–Kier alpha value is -3.68. The molecule has 1 heterocycles. The van der Waals surface area contributed by atoms with Gasteiger partial charge in [0, 0.05) is 31.8 Å². The SMILES string of the molecule is CNC(=O)C1=C(C(=O)Nc2ccc(CC(=O)c3cc(F)ccc3F)cc2)CC=N1. The van der Waals surface area contributed by atoms with Gasteiger partial charge in [-0.1, -0.05) is 12.1 Å². The Morgan fingerprint density at radius 2 is 1.76 bits per heavy atom. The minimum Gasteiger partial charge on any atom is -0.354 e. The molecular weight excluding hydrogens is 380 g/mol. The van der Waals surface area contributed by atoms with Crippen molar-refractivity contribution in [2.75, 3.05) is 12.4 Å². The molecule has 0 saturated heterocycles. The lowest BCUT2D eigenvalue weighted by Crippen LogP contribution is -2.23. The fraction of sp³-hybridized carbons (Fsp3) is 0.143. The number of carbonyl (C=O) groups excluding carboxylic acids is 3.